The summed E-state index contributed by atoms with van der Waals surface area (Å²) < 4.78 is 7.99. The molecule has 7 heteroatoms. The van der Waals surface area contributed by atoms with Crippen molar-refractivity contribution in [2.75, 3.05) is 13.1 Å². The van der Waals surface area contributed by atoms with Gasteiger partial charge in [0.05, 0.1) is 0 Å². The lowest BCUT2D eigenvalue weighted by molar-refractivity contribution is 0.0966. The smallest absolute Gasteiger partial charge is 0.175 e. The molecule has 2 N–H and O–H groups in total. The minimum atomic E-state index is 0.213. The van der Waals surface area contributed by atoms with Crippen molar-refractivity contribution in [2.24, 2.45) is 0 Å². The van der Waals surface area contributed by atoms with E-state index in [1.165, 1.54) is 24.0 Å². The summed E-state index contributed by atoms with van der Waals surface area (Å²) in [6.45, 7) is 4.84. The summed E-state index contributed by atoms with van der Waals surface area (Å²) >= 11 is 9.34. The number of hydrogen-bond donors (Lipinski definition) is 2. The lowest BCUT2D eigenvalue weighted by Crippen LogP contribution is -2.38. The molecule has 1 aliphatic carbocycles. The second-order valence-electron chi connectivity index (χ2n) is 8.13. The highest BCUT2D eigenvalue weighted by Gasteiger charge is 2.28. The lowest BCUT2D eigenvalue weighted by atomic mass is 10.0. The molecule has 0 spiro atoms. The summed E-state index contributed by atoms with van der Waals surface area (Å²) in [5.74, 6) is 1.43. The molecule has 1 aromatic heterocycles. The summed E-state index contributed by atoms with van der Waals surface area (Å²) in [5.41, 5.74) is 3.98. The highest BCUT2D eigenvalue weighted by molar-refractivity contribution is 9.18. The average Bonchev–Trinajstić information content (AvgIpc) is 3.47. The Balaban J connectivity index is 1.40. The number of ether oxygens (including phenoxy) is 1. The maximum Gasteiger partial charge on any atom is 0.175 e. The number of hydrogen-bond acceptors (Lipinski definition) is 4. The average molecular weight is 478 g/mol. The second-order valence-corrected chi connectivity index (χ2v) is 9.32. The molecule has 0 amide bonds. The molecule has 0 bridgehead atoms. The quantitative estimate of drug-likeness (QED) is 0.469. The summed E-state index contributed by atoms with van der Waals surface area (Å²) in [5, 5.41) is 16.8. The Labute approximate surface area is 184 Å². The Morgan fingerprint density at radius 1 is 1.17 bits per heavy atom. The first kappa shape index (κ1) is 20.6. The number of nitrogens with one attached hydrogen (secondary N) is 2. The third-order valence-electron chi connectivity index (χ3n) is 5.69. The van der Waals surface area contributed by atoms with Crippen molar-refractivity contribution in [3.63, 3.8) is 0 Å². The third-order valence-corrected chi connectivity index (χ3v) is 6.29. The number of rotatable bonds is 5. The number of halogens is 2. The summed E-state index contributed by atoms with van der Waals surface area (Å²) in [6.07, 6.45) is 6.56. The molecule has 2 fully saturated rings. The zero-order chi connectivity index (χ0) is 20.5. The van der Waals surface area contributed by atoms with Crippen LogP contribution in [0.4, 0.5) is 0 Å². The maximum absolute atomic E-state index is 8.25. The van der Waals surface area contributed by atoms with Crippen molar-refractivity contribution in [1.82, 2.24) is 9.47 Å². The van der Waals surface area contributed by atoms with Gasteiger partial charge in [-0.1, -0.05) is 11.6 Å². The van der Waals surface area contributed by atoms with Crippen LogP contribution in [0.2, 0.25) is 5.02 Å². The lowest BCUT2D eigenvalue weighted by Gasteiger charge is -2.32. The van der Waals surface area contributed by atoms with Gasteiger partial charge in [-0.05, 0) is 95.4 Å². The van der Waals surface area contributed by atoms with Gasteiger partial charge in [0.1, 0.15) is 17.3 Å². The van der Waals surface area contributed by atoms with Gasteiger partial charge in [-0.15, -0.1) is 0 Å². The number of likely N-dealkylation sites (tertiary alicyclic amines) is 1. The predicted molar refractivity (Wildman–Crippen MR) is 119 cm³/mol. The van der Waals surface area contributed by atoms with Crippen molar-refractivity contribution in [3.05, 3.63) is 57.7 Å². The summed E-state index contributed by atoms with van der Waals surface area (Å²) in [6, 6.07) is 7.80. The highest BCUT2D eigenvalue weighted by atomic mass is 79.9. The molecule has 4 rings (SSSR count). The molecule has 5 nitrogen and oxygen atoms in total. The van der Waals surface area contributed by atoms with Crippen LogP contribution in [0.25, 0.3) is 0 Å². The van der Waals surface area contributed by atoms with E-state index in [1.807, 2.05) is 37.4 Å². The molecular weight excluding hydrogens is 452 g/mol. The zero-order valence-electron chi connectivity index (χ0n) is 16.5. The Hall–Kier alpha value is -1.63. The first-order valence-electron chi connectivity index (χ1n) is 10.1. The number of aromatic nitrogens is 1. The SMILES string of the molecule is Cc1cc(Cl)cc(OC2CCN(Cc3cc(=N)n(C(=N)Br)cc3C3CC3)CC2)c1. The van der Waals surface area contributed by atoms with E-state index in [-0.39, 0.29) is 10.8 Å². The number of piperidine rings is 1. The third kappa shape index (κ3) is 5.11. The summed E-state index contributed by atoms with van der Waals surface area (Å²) in [7, 11) is 0. The van der Waals surface area contributed by atoms with Crippen LogP contribution >= 0.6 is 27.5 Å². The van der Waals surface area contributed by atoms with Gasteiger partial charge < -0.3 is 4.74 Å². The van der Waals surface area contributed by atoms with Gasteiger partial charge in [-0.25, -0.2) is 0 Å². The second kappa shape index (κ2) is 8.62. The van der Waals surface area contributed by atoms with Gasteiger partial charge in [0.15, 0.2) is 4.74 Å². The topological polar surface area (TPSA) is 65.1 Å². The first-order chi connectivity index (χ1) is 13.9. The number of pyridine rings is 1. The monoisotopic (exact) mass is 476 g/mol. The molecule has 1 saturated carbocycles. The fourth-order valence-electron chi connectivity index (χ4n) is 4.06. The van der Waals surface area contributed by atoms with Gasteiger partial charge in [0.25, 0.3) is 0 Å². The van der Waals surface area contributed by atoms with Crippen LogP contribution in [0.15, 0.2) is 30.5 Å². The Morgan fingerprint density at radius 2 is 1.90 bits per heavy atom. The van der Waals surface area contributed by atoms with Gasteiger partial charge in [0.2, 0.25) is 0 Å². The van der Waals surface area contributed by atoms with Crippen LogP contribution in [0.1, 0.15) is 48.3 Å². The van der Waals surface area contributed by atoms with Gasteiger partial charge in [-0.2, -0.15) is 0 Å². The van der Waals surface area contributed by atoms with Crippen molar-refractivity contribution >= 4 is 32.3 Å². The molecule has 2 aliphatic rings. The van der Waals surface area contributed by atoms with Crippen molar-refractivity contribution < 1.29 is 4.74 Å². The number of benzene rings is 1. The fourth-order valence-corrected chi connectivity index (χ4v) is 4.63. The molecule has 2 aromatic rings. The van der Waals surface area contributed by atoms with Crippen molar-refractivity contribution in [3.8, 4) is 5.75 Å². The highest BCUT2D eigenvalue weighted by Crippen LogP contribution is 2.41. The fraction of sp³-hybridized carbons (Fsp3) is 0.455. The molecule has 154 valence electrons. The summed E-state index contributed by atoms with van der Waals surface area (Å²) in [4.78, 5) is 2.45. The van der Waals surface area contributed by atoms with E-state index in [4.69, 9.17) is 27.2 Å². The Morgan fingerprint density at radius 3 is 2.52 bits per heavy atom. The largest absolute Gasteiger partial charge is 0.490 e. The van der Waals surface area contributed by atoms with Gasteiger partial charge in [0, 0.05) is 30.9 Å². The van der Waals surface area contributed by atoms with Crippen LogP contribution in [0.5, 0.6) is 5.75 Å². The van der Waals surface area contributed by atoms with E-state index in [2.05, 4.69) is 20.8 Å². The van der Waals surface area contributed by atoms with E-state index >= 15 is 0 Å². The van der Waals surface area contributed by atoms with E-state index in [1.54, 1.807) is 4.57 Å². The Bertz CT molecular complexity index is 957. The van der Waals surface area contributed by atoms with Gasteiger partial charge >= 0.3 is 0 Å². The molecule has 0 unspecified atom stereocenters. The molecule has 29 heavy (non-hydrogen) atoms. The molecule has 1 saturated heterocycles. The van der Waals surface area contributed by atoms with E-state index in [0.29, 0.717) is 16.4 Å². The molecular formula is C22H26BrClN4O. The number of nitrogens with zero attached hydrogens (tertiary/aromatic N) is 2. The van der Waals surface area contributed by atoms with Crippen LogP contribution < -0.4 is 10.2 Å². The molecule has 0 radical (unpaired) electrons. The number of aryl methyl sites for hydroxylation is 1. The minimum absolute atomic E-state index is 0.213. The van der Waals surface area contributed by atoms with E-state index in [0.717, 1.165) is 43.8 Å². The van der Waals surface area contributed by atoms with Crippen LogP contribution in [-0.2, 0) is 6.54 Å². The molecule has 1 aromatic carbocycles. The van der Waals surface area contributed by atoms with Crippen LogP contribution in [-0.4, -0.2) is 33.4 Å². The van der Waals surface area contributed by atoms with E-state index < -0.39 is 0 Å². The maximum atomic E-state index is 8.25. The predicted octanol–water partition coefficient (Wildman–Crippen LogP) is 5.03. The van der Waals surface area contributed by atoms with E-state index in [9.17, 15) is 0 Å². The zero-order valence-corrected chi connectivity index (χ0v) is 18.9. The van der Waals surface area contributed by atoms with Crippen LogP contribution in [0.3, 0.4) is 0 Å². The Kier molecular flexibility index (Phi) is 6.13. The molecule has 1 aliphatic heterocycles. The molecule has 2 heterocycles. The minimum Gasteiger partial charge on any atom is -0.490 e. The first-order valence-corrected chi connectivity index (χ1v) is 11.3. The van der Waals surface area contributed by atoms with Gasteiger partial charge in [-0.3, -0.25) is 20.3 Å². The van der Waals surface area contributed by atoms with Crippen molar-refractivity contribution in [1.29, 1.82) is 10.8 Å². The normalized spacial score (nSPS) is 18.0. The van der Waals surface area contributed by atoms with Crippen molar-refractivity contribution in [2.45, 2.75) is 51.2 Å². The standard InChI is InChI=1S/C22H26BrClN4O/c1-14-8-17(24)11-19(9-14)29-18-4-6-27(7-5-18)12-16-10-21(25)28(22(23)26)13-20(16)15-2-3-15/h8-11,13,15,18,25-26H,2-7,12H2,1H3. The molecule has 0 atom stereocenters. The van der Waals surface area contributed by atoms with Crippen LogP contribution in [0, 0.1) is 17.7 Å².